The van der Waals surface area contributed by atoms with Crippen LogP contribution >= 0.6 is 0 Å². The van der Waals surface area contributed by atoms with Crippen molar-refractivity contribution in [3.05, 3.63) is 83.3 Å². The molecule has 0 saturated heterocycles. The van der Waals surface area contributed by atoms with Crippen LogP contribution in [0.2, 0.25) is 0 Å². The smallest absolute Gasteiger partial charge is 0.0966 e. The molecule has 5 rings (SSSR count). The molecule has 0 spiro atoms. The van der Waals surface area contributed by atoms with Crippen LogP contribution in [-0.2, 0) is 19.4 Å². The summed E-state index contributed by atoms with van der Waals surface area (Å²) in [4.78, 5) is 7.62. The van der Waals surface area contributed by atoms with Gasteiger partial charge in [0.05, 0.1) is 23.9 Å². The van der Waals surface area contributed by atoms with E-state index in [0.717, 1.165) is 65.2 Å². The van der Waals surface area contributed by atoms with Crippen molar-refractivity contribution in [1.29, 1.82) is 0 Å². The van der Waals surface area contributed by atoms with Crippen molar-refractivity contribution < 1.29 is 10.2 Å². The third-order valence-electron chi connectivity index (χ3n) is 6.02. The minimum Gasteiger partial charge on any atom is -0.392 e. The molecule has 0 amide bonds. The van der Waals surface area contributed by atoms with Crippen LogP contribution in [0.25, 0.3) is 10.9 Å². The van der Waals surface area contributed by atoms with E-state index in [4.69, 9.17) is 0 Å². The van der Waals surface area contributed by atoms with Crippen LogP contribution in [0.15, 0.2) is 60.9 Å². The third-order valence-corrected chi connectivity index (χ3v) is 6.02. The molecule has 0 radical (unpaired) electrons. The molecular weight excluding hydrogens is 388 g/mol. The number of aromatic nitrogens is 2. The van der Waals surface area contributed by atoms with E-state index < -0.39 is 6.10 Å². The minimum absolute atomic E-state index is 0.0405. The molecule has 6 heteroatoms. The van der Waals surface area contributed by atoms with Gasteiger partial charge in [0, 0.05) is 47.0 Å². The molecule has 5 N–H and O–H groups in total. The zero-order valence-electron chi connectivity index (χ0n) is 17.2. The van der Waals surface area contributed by atoms with Gasteiger partial charge < -0.3 is 25.8 Å². The van der Waals surface area contributed by atoms with Gasteiger partial charge in [0.1, 0.15) is 0 Å². The van der Waals surface area contributed by atoms with Gasteiger partial charge >= 0.3 is 0 Å². The molecule has 2 aromatic carbocycles. The third kappa shape index (κ3) is 3.87. The Balaban J connectivity index is 1.21. The lowest BCUT2D eigenvalue weighted by atomic mass is 10.1. The molecule has 158 valence electrons. The number of nitrogens with one attached hydrogen (secondary N) is 3. The Morgan fingerprint density at radius 2 is 1.87 bits per heavy atom. The number of para-hydroxylation sites is 1. The summed E-state index contributed by atoms with van der Waals surface area (Å²) in [5.41, 5.74) is 8.19. The summed E-state index contributed by atoms with van der Waals surface area (Å²) in [5, 5.41) is 27.6. The lowest BCUT2D eigenvalue weighted by Crippen LogP contribution is -2.04. The number of fused-ring (bicyclic) bond motifs is 2. The minimum atomic E-state index is -0.448. The first-order valence-corrected chi connectivity index (χ1v) is 10.7. The normalized spacial score (nSPS) is 15.2. The molecule has 6 nitrogen and oxygen atoms in total. The summed E-state index contributed by atoms with van der Waals surface area (Å²) in [7, 11) is 0. The van der Waals surface area contributed by atoms with Crippen molar-refractivity contribution in [3.63, 3.8) is 0 Å². The number of rotatable bonds is 7. The molecule has 0 bridgehead atoms. The van der Waals surface area contributed by atoms with Crippen LogP contribution in [0.5, 0.6) is 0 Å². The molecule has 4 aromatic rings. The lowest BCUT2D eigenvalue weighted by molar-refractivity contribution is 0.176. The second-order valence-electron chi connectivity index (χ2n) is 7.97. The fourth-order valence-corrected chi connectivity index (χ4v) is 4.38. The second-order valence-corrected chi connectivity index (χ2v) is 7.97. The van der Waals surface area contributed by atoms with Crippen LogP contribution in [0.4, 0.5) is 17.1 Å². The molecule has 1 aliphatic rings. The maximum atomic E-state index is 10.0. The maximum Gasteiger partial charge on any atom is 0.0966 e. The molecule has 1 atom stereocenters. The van der Waals surface area contributed by atoms with Crippen LogP contribution in [-0.4, -0.2) is 26.7 Å². The van der Waals surface area contributed by atoms with Gasteiger partial charge in [-0.3, -0.25) is 4.98 Å². The molecule has 0 fully saturated rings. The van der Waals surface area contributed by atoms with Gasteiger partial charge in [-0.25, -0.2) is 0 Å². The number of aromatic amines is 1. The lowest BCUT2D eigenvalue weighted by Gasteiger charge is -2.12. The van der Waals surface area contributed by atoms with Crippen molar-refractivity contribution in [2.24, 2.45) is 0 Å². The monoisotopic (exact) mass is 414 g/mol. The first-order chi connectivity index (χ1) is 15.2. The van der Waals surface area contributed by atoms with Crippen LogP contribution in [0, 0.1) is 0 Å². The molecular formula is C25H26N4O2. The maximum absolute atomic E-state index is 10.0. The molecule has 2 heterocycles. The molecule has 0 aliphatic heterocycles. The van der Waals surface area contributed by atoms with E-state index in [1.54, 1.807) is 6.20 Å². The molecule has 1 unspecified atom stereocenters. The van der Waals surface area contributed by atoms with Gasteiger partial charge in [-0.15, -0.1) is 0 Å². The van der Waals surface area contributed by atoms with E-state index >= 15 is 0 Å². The van der Waals surface area contributed by atoms with Crippen molar-refractivity contribution >= 4 is 28.0 Å². The Morgan fingerprint density at radius 3 is 2.71 bits per heavy atom. The van der Waals surface area contributed by atoms with Crippen molar-refractivity contribution in [1.82, 2.24) is 9.97 Å². The van der Waals surface area contributed by atoms with Gasteiger partial charge in [0.2, 0.25) is 0 Å². The van der Waals surface area contributed by atoms with E-state index in [2.05, 4.69) is 50.9 Å². The fourth-order valence-electron chi connectivity index (χ4n) is 4.38. The SMILES string of the molecule is OCc1cccc2c(CCNc3ccc(Nc4ccnc5c4CCC5O)cc3)c[nH]c12. The Hall–Kier alpha value is -3.35. The van der Waals surface area contributed by atoms with Gasteiger partial charge in [0.25, 0.3) is 0 Å². The Labute approximate surface area is 181 Å². The number of anilines is 3. The van der Waals surface area contributed by atoms with Crippen molar-refractivity contribution in [2.75, 3.05) is 17.2 Å². The number of hydrogen-bond acceptors (Lipinski definition) is 5. The summed E-state index contributed by atoms with van der Waals surface area (Å²) >= 11 is 0. The predicted octanol–water partition coefficient (Wildman–Crippen LogP) is 4.43. The number of benzene rings is 2. The second kappa shape index (κ2) is 8.41. The summed E-state index contributed by atoms with van der Waals surface area (Å²) < 4.78 is 0. The van der Waals surface area contributed by atoms with Crippen LogP contribution < -0.4 is 10.6 Å². The summed E-state index contributed by atoms with van der Waals surface area (Å²) in [6, 6.07) is 16.2. The van der Waals surface area contributed by atoms with Crippen molar-refractivity contribution in [3.8, 4) is 0 Å². The zero-order valence-corrected chi connectivity index (χ0v) is 17.2. The van der Waals surface area contributed by atoms with Gasteiger partial charge in [-0.2, -0.15) is 0 Å². The number of aliphatic hydroxyl groups excluding tert-OH is 2. The summed E-state index contributed by atoms with van der Waals surface area (Å²) in [6.45, 7) is 0.859. The quantitative estimate of drug-likeness (QED) is 0.308. The van der Waals surface area contributed by atoms with E-state index in [1.165, 1.54) is 10.9 Å². The summed E-state index contributed by atoms with van der Waals surface area (Å²) in [5.74, 6) is 0. The zero-order chi connectivity index (χ0) is 21.2. The van der Waals surface area contributed by atoms with E-state index in [9.17, 15) is 10.2 Å². The number of pyridine rings is 1. The Kier molecular flexibility index (Phi) is 5.32. The first-order valence-electron chi connectivity index (χ1n) is 10.7. The molecule has 1 aliphatic carbocycles. The molecule has 0 saturated carbocycles. The number of H-pyrrole nitrogens is 1. The standard InChI is InChI=1S/C25H26N4O2/c30-15-17-2-1-3-20-16(14-28-24(17)20)10-12-26-18-4-6-19(7-5-18)29-22-11-13-27-25-21(22)8-9-23(25)31/h1-7,11,13-14,23,26,28,30-31H,8-10,12,15H2,(H,27,29). The molecule has 2 aromatic heterocycles. The summed E-state index contributed by atoms with van der Waals surface area (Å²) in [6.07, 6.45) is 5.81. The Morgan fingerprint density at radius 1 is 1.03 bits per heavy atom. The highest BCUT2D eigenvalue weighted by Crippen LogP contribution is 2.35. The fraction of sp³-hybridized carbons (Fsp3) is 0.240. The van der Waals surface area contributed by atoms with E-state index in [0.29, 0.717) is 0 Å². The van der Waals surface area contributed by atoms with Gasteiger partial charge in [-0.05, 0) is 60.7 Å². The van der Waals surface area contributed by atoms with Gasteiger partial charge in [0.15, 0.2) is 0 Å². The van der Waals surface area contributed by atoms with E-state index in [1.807, 2.05) is 24.4 Å². The number of aliphatic hydroxyl groups is 2. The molecule has 31 heavy (non-hydrogen) atoms. The van der Waals surface area contributed by atoms with E-state index in [-0.39, 0.29) is 6.61 Å². The number of hydrogen-bond donors (Lipinski definition) is 5. The highest BCUT2D eigenvalue weighted by atomic mass is 16.3. The van der Waals surface area contributed by atoms with Crippen LogP contribution in [0.1, 0.15) is 34.9 Å². The Bertz CT molecular complexity index is 1200. The van der Waals surface area contributed by atoms with Gasteiger partial charge in [-0.1, -0.05) is 18.2 Å². The average Bonchev–Trinajstić information content (AvgIpc) is 3.39. The first kappa shape index (κ1) is 19.6. The van der Waals surface area contributed by atoms with Crippen LogP contribution in [0.3, 0.4) is 0 Å². The number of nitrogens with zero attached hydrogens (tertiary/aromatic N) is 1. The largest absolute Gasteiger partial charge is 0.392 e. The topological polar surface area (TPSA) is 93.2 Å². The average molecular weight is 415 g/mol. The highest BCUT2D eigenvalue weighted by Gasteiger charge is 2.24. The predicted molar refractivity (Wildman–Crippen MR) is 124 cm³/mol. The highest BCUT2D eigenvalue weighted by molar-refractivity contribution is 5.86. The van der Waals surface area contributed by atoms with Crippen molar-refractivity contribution in [2.45, 2.75) is 32.0 Å².